The van der Waals surface area contributed by atoms with Gasteiger partial charge in [-0.05, 0) is 31.5 Å². The summed E-state index contributed by atoms with van der Waals surface area (Å²) in [6.07, 6.45) is 0. The Morgan fingerprint density at radius 1 is 1.35 bits per heavy atom. The molecule has 1 atom stereocenters. The minimum atomic E-state index is 0.246. The van der Waals surface area contributed by atoms with Crippen molar-refractivity contribution in [1.82, 2.24) is 15.5 Å². The molecule has 0 amide bonds. The lowest BCUT2D eigenvalue weighted by atomic mass is 10.1. The summed E-state index contributed by atoms with van der Waals surface area (Å²) in [5.41, 5.74) is 1.23. The molecular weight excluding hydrogens is 282 g/mol. The second kappa shape index (κ2) is 5.42. The van der Waals surface area contributed by atoms with E-state index in [1.54, 1.807) is 0 Å². The fraction of sp³-hybridized carbons (Fsp3) is 0.333. The Morgan fingerprint density at radius 2 is 2.06 bits per heavy atom. The molecule has 5 heteroatoms. The van der Waals surface area contributed by atoms with Crippen LogP contribution in [0.2, 0.25) is 0 Å². The Bertz CT molecular complexity index is 481. The highest BCUT2D eigenvalue weighted by Crippen LogP contribution is 2.16. The lowest BCUT2D eigenvalue weighted by Gasteiger charge is -2.12. The van der Waals surface area contributed by atoms with E-state index in [1.165, 1.54) is 5.56 Å². The van der Waals surface area contributed by atoms with Crippen LogP contribution >= 0.6 is 15.9 Å². The van der Waals surface area contributed by atoms with Gasteiger partial charge in [0, 0.05) is 10.5 Å². The number of nitrogens with zero attached hydrogens (tertiary/aromatic N) is 2. The average molecular weight is 296 g/mol. The normalized spacial score (nSPS) is 12.6. The van der Waals surface area contributed by atoms with Crippen LogP contribution in [0, 0.1) is 6.92 Å². The number of halogens is 1. The van der Waals surface area contributed by atoms with Crippen molar-refractivity contribution in [3.05, 3.63) is 46.0 Å². The fourth-order valence-corrected chi connectivity index (χ4v) is 1.79. The predicted molar refractivity (Wildman–Crippen MR) is 68.4 cm³/mol. The van der Waals surface area contributed by atoms with Gasteiger partial charge in [0.05, 0.1) is 6.54 Å². The van der Waals surface area contributed by atoms with Crippen molar-refractivity contribution in [2.24, 2.45) is 0 Å². The molecule has 0 saturated carbocycles. The second-order valence-electron chi connectivity index (χ2n) is 3.89. The number of hydrogen-bond donors (Lipinski definition) is 1. The van der Waals surface area contributed by atoms with Gasteiger partial charge in [0.1, 0.15) is 0 Å². The van der Waals surface area contributed by atoms with Gasteiger partial charge < -0.3 is 9.84 Å². The molecule has 1 aromatic heterocycles. The standard InChI is InChI=1S/C12H14BrN3O/c1-8(10-3-5-11(13)6-4-10)14-7-12-15-9(2)16-17-12/h3-6,8,14H,7H2,1-2H3. The largest absolute Gasteiger partial charge is 0.338 e. The number of benzene rings is 1. The quantitative estimate of drug-likeness (QED) is 0.942. The Kier molecular flexibility index (Phi) is 3.91. The van der Waals surface area contributed by atoms with Gasteiger partial charge in [0.25, 0.3) is 0 Å². The maximum Gasteiger partial charge on any atom is 0.240 e. The Hall–Kier alpha value is -1.20. The van der Waals surface area contributed by atoms with Crippen LogP contribution in [0.3, 0.4) is 0 Å². The van der Waals surface area contributed by atoms with Crippen molar-refractivity contribution in [2.75, 3.05) is 0 Å². The lowest BCUT2D eigenvalue weighted by molar-refractivity contribution is 0.357. The molecule has 1 unspecified atom stereocenters. The number of aryl methyl sites for hydroxylation is 1. The molecular formula is C12H14BrN3O. The zero-order valence-corrected chi connectivity index (χ0v) is 11.4. The summed E-state index contributed by atoms with van der Waals surface area (Å²) in [7, 11) is 0. The van der Waals surface area contributed by atoms with Gasteiger partial charge in [-0.25, -0.2) is 0 Å². The molecule has 1 heterocycles. The maximum atomic E-state index is 5.04. The molecule has 1 aromatic carbocycles. The van der Waals surface area contributed by atoms with Crippen molar-refractivity contribution >= 4 is 15.9 Å². The van der Waals surface area contributed by atoms with Crippen molar-refractivity contribution < 1.29 is 4.52 Å². The van der Waals surface area contributed by atoms with Crippen LogP contribution in [-0.4, -0.2) is 10.1 Å². The first-order chi connectivity index (χ1) is 8.15. The first kappa shape index (κ1) is 12.3. The summed E-state index contributed by atoms with van der Waals surface area (Å²) >= 11 is 3.42. The zero-order valence-electron chi connectivity index (χ0n) is 9.77. The van der Waals surface area contributed by atoms with Gasteiger partial charge in [0.15, 0.2) is 5.82 Å². The van der Waals surface area contributed by atoms with Gasteiger partial charge in [0.2, 0.25) is 5.89 Å². The number of nitrogens with one attached hydrogen (secondary N) is 1. The van der Waals surface area contributed by atoms with Crippen LogP contribution < -0.4 is 5.32 Å². The van der Waals surface area contributed by atoms with E-state index in [0.717, 1.165) is 4.47 Å². The SMILES string of the molecule is Cc1noc(CNC(C)c2ccc(Br)cc2)n1. The number of rotatable bonds is 4. The summed E-state index contributed by atoms with van der Waals surface area (Å²) in [6.45, 7) is 4.50. The van der Waals surface area contributed by atoms with E-state index in [1.807, 2.05) is 19.1 Å². The van der Waals surface area contributed by atoms with E-state index in [2.05, 4.69) is 50.4 Å². The highest BCUT2D eigenvalue weighted by molar-refractivity contribution is 9.10. The van der Waals surface area contributed by atoms with Crippen LogP contribution in [0.1, 0.15) is 30.2 Å². The van der Waals surface area contributed by atoms with Crippen molar-refractivity contribution in [3.8, 4) is 0 Å². The lowest BCUT2D eigenvalue weighted by Crippen LogP contribution is -2.18. The van der Waals surface area contributed by atoms with Crippen molar-refractivity contribution in [1.29, 1.82) is 0 Å². The molecule has 17 heavy (non-hydrogen) atoms. The van der Waals surface area contributed by atoms with Crippen LogP contribution in [0.4, 0.5) is 0 Å². The molecule has 0 aliphatic carbocycles. The minimum Gasteiger partial charge on any atom is -0.338 e. The second-order valence-corrected chi connectivity index (χ2v) is 4.81. The van der Waals surface area contributed by atoms with Gasteiger partial charge in [-0.15, -0.1) is 0 Å². The Balaban J connectivity index is 1.93. The molecule has 0 aliphatic heterocycles. The average Bonchev–Trinajstić information content (AvgIpc) is 2.73. The molecule has 2 aromatic rings. The van der Waals surface area contributed by atoms with Crippen molar-refractivity contribution in [2.45, 2.75) is 26.4 Å². The van der Waals surface area contributed by atoms with Gasteiger partial charge in [-0.1, -0.05) is 33.2 Å². The third-order valence-corrected chi connectivity index (χ3v) is 3.03. The van der Waals surface area contributed by atoms with Crippen molar-refractivity contribution in [3.63, 3.8) is 0 Å². The van der Waals surface area contributed by atoms with E-state index in [-0.39, 0.29) is 6.04 Å². The smallest absolute Gasteiger partial charge is 0.240 e. The zero-order chi connectivity index (χ0) is 12.3. The minimum absolute atomic E-state index is 0.246. The maximum absolute atomic E-state index is 5.04. The van der Waals surface area contributed by atoms with E-state index in [9.17, 15) is 0 Å². The molecule has 0 saturated heterocycles. The van der Waals surface area contributed by atoms with Crippen LogP contribution in [0.25, 0.3) is 0 Å². The van der Waals surface area contributed by atoms with Crippen LogP contribution in [-0.2, 0) is 6.54 Å². The number of hydrogen-bond acceptors (Lipinski definition) is 4. The molecule has 90 valence electrons. The van der Waals surface area contributed by atoms with Gasteiger partial charge in [-0.2, -0.15) is 4.98 Å². The summed E-state index contributed by atoms with van der Waals surface area (Å²) in [6, 6.07) is 8.48. The van der Waals surface area contributed by atoms with Crippen LogP contribution in [0.5, 0.6) is 0 Å². The molecule has 0 aliphatic rings. The topological polar surface area (TPSA) is 51.0 Å². The van der Waals surface area contributed by atoms with Gasteiger partial charge >= 0.3 is 0 Å². The van der Waals surface area contributed by atoms with Gasteiger partial charge in [-0.3, -0.25) is 0 Å². The summed E-state index contributed by atoms with van der Waals surface area (Å²) in [5.74, 6) is 1.28. The highest BCUT2D eigenvalue weighted by atomic mass is 79.9. The first-order valence-electron chi connectivity index (χ1n) is 5.43. The third kappa shape index (κ3) is 3.38. The summed E-state index contributed by atoms with van der Waals surface area (Å²) < 4.78 is 6.12. The first-order valence-corrected chi connectivity index (χ1v) is 6.22. The molecule has 1 N–H and O–H groups in total. The molecule has 0 bridgehead atoms. The molecule has 0 spiro atoms. The summed E-state index contributed by atoms with van der Waals surface area (Å²) in [5, 5.41) is 7.08. The third-order valence-electron chi connectivity index (χ3n) is 2.50. The van der Waals surface area contributed by atoms with E-state index < -0.39 is 0 Å². The predicted octanol–water partition coefficient (Wildman–Crippen LogP) is 2.99. The fourth-order valence-electron chi connectivity index (χ4n) is 1.52. The molecule has 2 rings (SSSR count). The van der Waals surface area contributed by atoms with E-state index in [4.69, 9.17) is 4.52 Å². The summed E-state index contributed by atoms with van der Waals surface area (Å²) in [4.78, 5) is 4.14. The molecule has 0 fully saturated rings. The monoisotopic (exact) mass is 295 g/mol. The molecule has 4 nitrogen and oxygen atoms in total. The van der Waals surface area contributed by atoms with Crippen LogP contribution in [0.15, 0.2) is 33.3 Å². The highest BCUT2D eigenvalue weighted by Gasteiger charge is 2.07. The Labute approximate surface area is 109 Å². The number of aromatic nitrogens is 2. The Morgan fingerprint density at radius 3 is 2.65 bits per heavy atom. The van der Waals surface area contributed by atoms with E-state index in [0.29, 0.717) is 18.3 Å². The van der Waals surface area contributed by atoms with E-state index >= 15 is 0 Å². The molecule has 0 radical (unpaired) electrons.